The van der Waals surface area contributed by atoms with Gasteiger partial charge in [-0.3, -0.25) is 0 Å². The van der Waals surface area contributed by atoms with Crippen molar-refractivity contribution in [3.05, 3.63) is 182 Å². The fraction of sp³-hybridized carbons (Fsp3) is 0. The van der Waals surface area contributed by atoms with Gasteiger partial charge in [0, 0.05) is 0 Å². The number of hydrogen-bond donors (Lipinski definition) is 0. The molecule has 0 fully saturated rings. The second kappa shape index (κ2) is 13.8. The van der Waals surface area contributed by atoms with Crippen molar-refractivity contribution in [3.63, 3.8) is 0 Å². The van der Waals surface area contributed by atoms with Crippen molar-refractivity contribution in [2.45, 2.75) is 0 Å². The van der Waals surface area contributed by atoms with E-state index in [0.29, 0.717) is 17.5 Å². The SMILES string of the molecule is [SeH]c1c(-c2cccc(-c3ccccc3)c2)cccc1-c1ccc(-c2nc(-c3ccccc3)nc(-c3cccc4c3[se]c3ccccc34)n2)c2ccccc12. The van der Waals surface area contributed by atoms with Gasteiger partial charge in [-0.25, -0.2) is 0 Å². The fourth-order valence-electron chi connectivity index (χ4n) is 7.48. The predicted octanol–water partition coefficient (Wildman–Crippen LogP) is 10.9. The molecule has 54 heavy (non-hydrogen) atoms. The molecule has 0 saturated heterocycles. The van der Waals surface area contributed by atoms with E-state index in [-0.39, 0.29) is 14.5 Å². The van der Waals surface area contributed by atoms with Crippen LogP contribution in [-0.4, -0.2) is 45.5 Å². The van der Waals surface area contributed by atoms with Crippen LogP contribution in [0.5, 0.6) is 0 Å². The van der Waals surface area contributed by atoms with Gasteiger partial charge in [0.1, 0.15) is 0 Å². The van der Waals surface area contributed by atoms with E-state index in [4.69, 9.17) is 15.0 Å². The molecule has 0 amide bonds. The molecule has 2 aromatic heterocycles. The molecule has 254 valence electrons. The number of hydrogen-bond acceptors (Lipinski definition) is 3. The van der Waals surface area contributed by atoms with Crippen LogP contribution >= 0.6 is 0 Å². The van der Waals surface area contributed by atoms with Crippen LogP contribution in [0.4, 0.5) is 0 Å². The Kier molecular flexibility index (Phi) is 8.36. The van der Waals surface area contributed by atoms with Crippen molar-refractivity contribution in [3.8, 4) is 67.5 Å². The summed E-state index contributed by atoms with van der Waals surface area (Å²) in [5, 5.41) is 4.85. The molecule has 3 nitrogen and oxygen atoms in total. The average Bonchev–Trinajstić information content (AvgIpc) is 3.63. The third-order valence-electron chi connectivity index (χ3n) is 10.1. The Balaban J connectivity index is 1.13. The Morgan fingerprint density at radius 3 is 1.65 bits per heavy atom. The van der Waals surface area contributed by atoms with Crippen molar-refractivity contribution >= 4 is 65.0 Å². The van der Waals surface area contributed by atoms with Crippen molar-refractivity contribution in [1.29, 1.82) is 0 Å². The molecule has 8 aromatic carbocycles. The maximum atomic E-state index is 5.28. The summed E-state index contributed by atoms with van der Waals surface area (Å²) in [7, 11) is 0. The van der Waals surface area contributed by atoms with Crippen molar-refractivity contribution < 1.29 is 0 Å². The molecular formula is C49H31N3Se2. The average molecular weight is 820 g/mol. The standard InChI is InChI=1S/C49H31N3Se2/c53-45-35(34-19-11-18-33(30-34)31-14-3-1-4-15-31)23-12-24-40(45)38-28-29-42(37-21-8-7-20-36(37)38)48-50-47(32-16-5-2-6-17-32)51-49(52-48)43-26-13-25-41-39-22-9-10-27-44(39)54-46(41)43/h1-30,53H. The number of aromatic nitrogens is 3. The topological polar surface area (TPSA) is 38.7 Å². The first kappa shape index (κ1) is 32.7. The zero-order valence-corrected chi connectivity index (χ0v) is 32.6. The molecule has 2 heterocycles. The van der Waals surface area contributed by atoms with Crippen LogP contribution in [0.2, 0.25) is 0 Å². The Hall–Kier alpha value is -5.93. The van der Waals surface area contributed by atoms with Crippen LogP contribution in [0.3, 0.4) is 0 Å². The molecule has 10 rings (SSSR count). The van der Waals surface area contributed by atoms with Gasteiger partial charge in [0.2, 0.25) is 0 Å². The van der Waals surface area contributed by atoms with Crippen molar-refractivity contribution in [2.75, 3.05) is 0 Å². The van der Waals surface area contributed by atoms with Gasteiger partial charge in [0.25, 0.3) is 0 Å². The van der Waals surface area contributed by atoms with Gasteiger partial charge in [-0.1, -0.05) is 0 Å². The van der Waals surface area contributed by atoms with Gasteiger partial charge in [-0.15, -0.1) is 0 Å². The van der Waals surface area contributed by atoms with Crippen LogP contribution in [0.1, 0.15) is 0 Å². The Morgan fingerprint density at radius 1 is 0.333 bits per heavy atom. The molecule has 0 N–H and O–H groups in total. The van der Waals surface area contributed by atoms with Gasteiger partial charge in [-0.05, 0) is 0 Å². The van der Waals surface area contributed by atoms with Crippen LogP contribution in [-0.2, 0) is 0 Å². The fourth-order valence-corrected chi connectivity index (χ4v) is 10.9. The third-order valence-corrected chi connectivity index (χ3v) is 13.7. The van der Waals surface area contributed by atoms with Crippen LogP contribution < -0.4 is 4.46 Å². The van der Waals surface area contributed by atoms with Crippen LogP contribution in [0, 0.1) is 0 Å². The number of rotatable bonds is 6. The molecule has 0 aliphatic heterocycles. The van der Waals surface area contributed by atoms with E-state index in [0.717, 1.165) is 27.5 Å². The van der Waals surface area contributed by atoms with Gasteiger partial charge < -0.3 is 0 Å². The minimum atomic E-state index is 0.157. The Labute approximate surface area is 327 Å². The van der Waals surface area contributed by atoms with Crippen molar-refractivity contribution in [1.82, 2.24) is 15.0 Å². The summed E-state index contributed by atoms with van der Waals surface area (Å²) in [6.45, 7) is 0. The molecule has 0 spiro atoms. The summed E-state index contributed by atoms with van der Waals surface area (Å²) >= 11 is 3.00. The summed E-state index contributed by atoms with van der Waals surface area (Å²) in [5.41, 5.74) is 10.2. The first-order valence-corrected chi connectivity index (χ1v) is 20.6. The molecule has 0 atom stereocenters. The molecule has 0 aliphatic carbocycles. The Bertz CT molecular complexity index is 3010. The molecule has 0 unspecified atom stereocenters. The summed E-state index contributed by atoms with van der Waals surface area (Å²) < 4.78 is 3.90. The van der Waals surface area contributed by atoms with Gasteiger partial charge >= 0.3 is 330 Å². The summed E-state index contributed by atoms with van der Waals surface area (Å²) in [4.78, 5) is 15.6. The third kappa shape index (κ3) is 5.80. The van der Waals surface area contributed by atoms with E-state index in [1.54, 1.807) is 0 Å². The predicted molar refractivity (Wildman–Crippen MR) is 229 cm³/mol. The monoisotopic (exact) mass is 821 g/mol. The number of benzene rings is 8. The molecule has 5 heteroatoms. The van der Waals surface area contributed by atoms with Crippen LogP contribution in [0.25, 0.3) is 97.6 Å². The van der Waals surface area contributed by atoms with Gasteiger partial charge in [0.15, 0.2) is 0 Å². The van der Waals surface area contributed by atoms with E-state index >= 15 is 0 Å². The first-order valence-electron chi connectivity index (χ1n) is 17.9. The zero-order chi connectivity index (χ0) is 36.0. The Morgan fingerprint density at radius 2 is 0.852 bits per heavy atom. The zero-order valence-electron chi connectivity index (χ0n) is 29.0. The second-order valence-corrected chi connectivity index (χ2v) is 16.5. The molecule has 0 aliphatic rings. The van der Waals surface area contributed by atoms with E-state index in [1.807, 2.05) is 18.2 Å². The number of fused-ring (bicyclic) bond motifs is 4. The normalized spacial score (nSPS) is 11.4. The van der Waals surface area contributed by atoms with Gasteiger partial charge in [0.05, 0.1) is 0 Å². The van der Waals surface area contributed by atoms with E-state index < -0.39 is 0 Å². The van der Waals surface area contributed by atoms with E-state index in [9.17, 15) is 0 Å². The maximum absolute atomic E-state index is 5.28. The molecule has 0 saturated carbocycles. The van der Waals surface area contributed by atoms with Crippen molar-refractivity contribution in [2.24, 2.45) is 0 Å². The minimum absolute atomic E-state index is 0.157. The number of nitrogens with zero attached hydrogens (tertiary/aromatic N) is 3. The summed E-state index contributed by atoms with van der Waals surface area (Å²) in [6, 6.07) is 64.6. The van der Waals surface area contributed by atoms with Crippen LogP contribution in [0.15, 0.2) is 182 Å². The molecule has 0 radical (unpaired) electrons. The molecule has 10 aromatic rings. The quantitative estimate of drug-likeness (QED) is 0.157. The first-order chi connectivity index (χ1) is 26.7. The summed E-state index contributed by atoms with van der Waals surface area (Å²) in [6.07, 6.45) is 0. The molecule has 0 bridgehead atoms. The summed E-state index contributed by atoms with van der Waals surface area (Å²) in [5.74, 6) is 2.04. The second-order valence-electron chi connectivity index (χ2n) is 13.3. The van der Waals surface area contributed by atoms with E-state index in [2.05, 4.69) is 180 Å². The van der Waals surface area contributed by atoms with Gasteiger partial charge in [-0.2, -0.15) is 0 Å². The van der Waals surface area contributed by atoms with E-state index in [1.165, 1.54) is 57.1 Å². The molecular weight excluding hydrogens is 788 g/mol.